The van der Waals surface area contributed by atoms with Gasteiger partial charge in [0.25, 0.3) is 0 Å². The maximum atomic E-state index is 2.30. The van der Waals surface area contributed by atoms with Gasteiger partial charge in [-0.05, 0) is 46.7 Å². The second-order valence-electron chi connectivity index (χ2n) is 7.84. The lowest BCUT2D eigenvalue weighted by Crippen LogP contribution is -2.31. The third-order valence-electron chi connectivity index (χ3n) is 6.16. The molecular formula is C29H24. The Morgan fingerprint density at radius 1 is 0.517 bits per heavy atom. The summed E-state index contributed by atoms with van der Waals surface area (Å²) in [5, 5.41) is 0. The first-order valence-electron chi connectivity index (χ1n) is 10.3. The molecule has 5 rings (SSSR count). The summed E-state index contributed by atoms with van der Waals surface area (Å²) in [5.41, 5.74) is 9.25. The van der Waals surface area contributed by atoms with Gasteiger partial charge >= 0.3 is 0 Å². The summed E-state index contributed by atoms with van der Waals surface area (Å²) in [7, 11) is 0. The largest absolute Gasteiger partial charge is 0.0707 e. The SMILES string of the molecule is CC1=C(C(c2ccccc2)(c2ccccc2)c2ccccc2)c2ccccc2C1. The van der Waals surface area contributed by atoms with Crippen molar-refractivity contribution in [3.8, 4) is 0 Å². The number of fused-ring (bicyclic) bond motifs is 1. The van der Waals surface area contributed by atoms with Crippen molar-refractivity contribution in [2.75, 3.05) is 0 Å². The van der Waals surface area contributed by atoms with Crippen LogP contribution in [-0.4, -0.2) is 0 Å². The van der Waals surface area contributed by atoms with Crippen LogP contribution in [0.2, 0.25) is 0 Å². The molecule has 0 nitrogen and oxygen atoms in total. The molecule has 0 bridgehead atoms. The van der Waals surface area contributed by atoms with Crippen LogP contribution in [0.1, 0.15) is 34.7 Å². The van der Waals surface area contributed by atoms with Gasteiger partial charge in [0.1, 0.15) is 0 Å². The lowest BCUT2D eigenvalue weighted by Gasteiger charge is -2.39. The predicted molar refractivity (Wildman–Crippen MR) is 122 cm³/mol. The molecule has 0 fully saturated rings. The van der Waals surface area contributed by atoms with E-state index in [2.05, 4.69) is 122 Å². The van der Waals surface area contributed by atoms with Gasteiger partial charge in [-0.15, -0.1) is 0 Å². The summed E-state index contributed by atoms with van der Waals surface area (Å²) in [6, 6.07) is 41.8. The molecule has 0 spiro atoms. The van der Waals surface area contributed by atoms with Gasteiger partial charge in [-0.3, -0.25) is 0 Å². The Labute approximate surface area is 173 Å². The highest BCUT2D eigenvalue weighted by Crippen LogP contribution is 2.53. The first kappa shape index (κ1) is 17.7. The van der Waals surface area contributed by atoms with E-state index in [4.69, 9.17) is 0 Å². The maximum absolute atomic E-state index is 2.30. The number of rotatable bonds is 4. The molecular weight excluding hydrogens is 348 g/mol. The van der Waals surface area contributed by atoms with Crippen LogP contribution in [0.15, 0.2) is 121 Å². The van der Waals surface area contributed by atoms with Crippen molar-refractivity contribution in [2.45, 2.75) is 18.8 Å². The Kier molecular flexibility index (Phi) is 4.41. The highest BCUT2D eigenvalue weighted by molar-refractivity contribution is 5.89. The van der Waals surface area contributed by atoms with Crippen molar-refractivity contribution < 1.29 is 0 Å². The maximum Gasteiger partial charge on any atom is 0.0707 e. The Morgan fingerprint density at radius 3 is 1.41 bits per heavy atom. The van der Waals surface area contributed by atoms with E-state index in [0.717, 1.165) is 6.42 Å². The molecule has 140 valence electrons. The molecule has 0 heterocycles. The Bertz CT molecular complexity index is 1060. The Morgan fingerprint density at radius 2 is 0.931 bits per heavy atom. The first-order valence-corrected chi connectivity index (χ1v) is 10.3. The van der Waals surface area contributed by atoms with Crippen molar-refractivity contribution in [1.29, 1.82) is 0 Å². The highest BCUT2D eigenvalue weighted by atomic mass is 14.4. The fourth-order valence-corrected chi connectivity index (χ4v) is 5.04. The van der Waals surface area contributed by atoms with Gasteiger partial charge in [0.05, 0.1) is 5.41 Å². The Hall–Kier alpha value is -3.38. The molecule has 0 heteroatoms. The van der Waals surface area contributed by atoms with Crippen molar-refractivity contribution >= 4 is 5.57 Å². The van der Waals surface area contributed by atoms with Gasteiger partial charge in [-0.25, -0.2) is 0 Å². The van der Waals surface area contributed by atoms with Crippen molar-refractivity contribution in [2.24, 2.45) is 0 Å². The zero-order valence-corrected chi connectivity index (χ0v) is 16.7. The van der Waals surface area contributed by atoms with Gasteiger partial charge in [0.2, 0.25) is 0 Å². The molecule has 4 aromatic carbocycles. The van der Waals surface area contributed by atoms with E-state index in [0.29, 0.717) is 0 Å². The Balaban J connectivity index is 1.94. The van der Waals surface area contributed by atoms with Crippen LogP contribution in [0.4, 0.5) is 0 Å². The molecule has 1 aliphatic carbocycles. The summed E-state index contributed by atoms with van der Waals surface area (Å²) < 4.78 is 0. The molecule has 4 aromatic rings. The van der Waals surface area contributed by atoms with E-state index < -0.39 is 0 Å². The smallest absolute Gasteiger partial charge is 0.0635 e. The van der Waals surface area contributed by atoms with E-state index in [1.165, 1.54) is 39.0 Å². The molecule has 0 unspecified atom stereocenters. The third kappa shape index (κ3) is 2.76. The van der Waals surface area contributed by atoms with E-state index >= 15 is 0 Å². The third-order valence-corrected chi connectivity index (χ3v) is 6.16. The molecule has 0 aliphatic heterocycles. The summed E-state index contributed by atoms with van der Waals surface area (Å²) in [6.07, 6.45) is 1.01. The average Bonchev–Trinajstić information content (AvgIpc) is 3.13. The number of hydrogen-bond donors (Lipinski definition) is 0. The standard InChI is InChI=1S/C29H24/c1-22-21-23-13-11-12-20-27(23)28(22)29(24-14-5-2-6-15-24,25-16-7-3-8-17-25)26-18-9-4-10-19-26/h2-20H,21H2,1H3. The highest BCUT2D eigenvalue weighted by Gasteiger charge is 2.43. The van der Waals surface area contributed by atoms with Crippen molar-refractivity contribution in [3.05, 3.63) is 149 Å². The van der Waals surface area contributed by atoms with Gasteiger partial charge in [0.15, 0.2) is 0 Å². The van der Waals surface area contributed by atoms with E-state index in [-0.39, 0.29) is 5.41 Å². The summed E-state index contributed by atoms with van der Waals surface area (Å²) in [4.78, 5) is 0. The van der Waals surface area contributed by atoms with Crippen LogP contribution < -0.4 is 0 Å². The fourth-order valence-electron chi connectivity index (χ4n) is 5.04. The summed E-state index contributed by atoms with van der Waals surface area (Å²) in [6.45, 7) is 2.30. The van der Waals surface area contributed by atoms with Crippen LogP contribution in [0.25, 0.3) is 5.57 Å². The lowest BCUT2D eigenvalue weighted by molar-refractivity contribution is 0.797. The molecule has 0 atom stereocenters. The molecule has 1 aliphatic rings. The van der Waals surface area contributed by atoms with E-state index in [1.807, 2.05) is 0 Å². The topological polar surface area (TPSA) is 0 Å². The quantitative estimate of drug-likeness (QED) is 0.337. The number of benzene rings is 4. The zero-order chi connectivity index (χ0) is 19.7. The second kappa shape index (κ2) is 7.22. The molecule has 0 saturated heterocycles. The first-order chi connectivity index (χ1) is 14.3. The minimum atomic E-state index is -0.347. The average molecular weight is 373 g/mol. The molecule has 0 N–H and O–H groups in total. The lowest BCUT2D eigenvalue weighted by atomic mass is 9.63. The number of hydrogen-bond acceptors (Lipinski definition) is 0. The molecule has 0 aromatic heterocycles. The van der Waals surface area contributed by atoms with Crippen LogP contribution in [0, 0.1) is 0 Å². The fraction of sp³-hybridized carbons (Fsp3) is 0.103. The van der Waals surface area contributed by atoms with Crippen LogP contribution >= 0.6 is 0 Å². The summed E-state index contributed by atoms with van der Waals surface area (Å²) >= 11 is 0. The van der Waals surface area contributed by atoms with Gasteiger partial charge in [0, 0.05) is 0 Å². The zero-order valence-electron chi connectivity index (χ0n) is 16.7. The number of allylic oxidation sites excluding steroid dienone is 2. The van der Waals surface area contributed by atoms with Crippen molar-refractivity contribution in [1.82, 2.24) is 0 Å². The molecule has 0 amide bonds. The molecule has 29 heavy (non-hydrogen) atoms. The van der Waals surface area contributed by atoms with Crippen LogP contribution in [-0.2, 0) is 11.8 Å². The van der Waals surface area contributed by atoms with Gasteiger partial charge in [-0.2, -0.15) is 0 Å². The summed E-state index contributed by atoms with van der Waals surface area (Å²) in [5.74, 6) is 0. The molecule has 0 saturated carbocycles. The van der Waals surface area contributed by atoms with E-state index in [1.54, 1.807) is 0 Å². The monoisotopic (exact) mass is 372 g/mol. The van der Waals surface area contributed by atoms with Crippen molar-refractivity contribution in [3.63, 3.8) is 0 Å². The van der Waals surface area contributed by atoms with Crippen LogP contribution in [0.3, 0.4) is 0 Å². The normalized spacial score (nSPS) is 13.4. The van der Waals surface area contributed by atoms with E-state index in [9.17, 15) is 0 Å². The molecule has 0 radical (unpaired) electrons. The van der Waals surface area contributed by atoms with Gasteiger partial charge in [-0.1, -0.05) is 121 Å². The predicted octanol–water partition coefficient (Wildman–Crippen LogP) is 7.05. The van der Waals surface area contributed by atoms with Gasteiger partial charge < -0.3 is 0 Å². The minimum Gasteiger partial charge on any atom is -0.0635 e. The van der Waals surface area contributed by atoms with Crippen LogP contribution in [0.5, 0.6) is 0 Å². The minimum absolute atomic E-state index is 0.347. The second-order valence-corrected chi connectivity index (χ2v) is 7.84.